The van der Waals surface area contributed by atoms with Crippen LogP contribution in [-0.4, -0.2) is 27.3 Å². The lowest BCUT2D eigenvalue weighted by molar-refractivity contribution is -0.136. The number of aromatic nitrogens is 2. The first-order chi connectivity index (χ1) is 13.6. The van der Waals surface area contributed by atoms with Gasteiger partial charge in [-0.15, -0.1) is 0 Å². The van der Waals surface area contributed by atoms with Crippen molar-refractivity contribution in [3.05, 3.63) is 75.5 Å². The molecule has 2 aromatic rings. The van der Waals surface area contributed by atoms with Gasteiger partial charge < -0.3 is 9.88 Å². The molecule has 1 amide bonds. The second-order valence-corrected chi connectivity index (χ2v) is 7.85. The quantitative estimate of drug-likeness (QED) is 0.827. The SMILES string of the molecule is Cc1nc([C@@H]2CCCN2C(=O)[C@@H]2CC=CCC2)[nH]c(=O)c1Cc1ccccc1. The van der Waals surface area contributed by atoms with Gasteiger partial charge in [-0.25, -0.2) is 4.98 Å². The van der Waals surface area contributed by atoms with Gasteiger partial charge in [0.05, 0.1) is 6.04 Å². The van der Waals surface area contributed by atoms with Crippen molar-refractivity contribution in [2.24, 2.45) is 5.92 Å². The van der Waals surface area contributed by atoms with E-state index >= 15 is 0 Å². The summed E-state index contributed by atoms with van der Waals surface area (Å²) < 4.78 is 0. The Kier molecular flexibility index (Phi) is 5.42. The van der Waals surface area contributed by atoms with Crippen LogP contribution in [-0.2, 0) is 11.2 Å². The number of benzene rings is 1. The summed E-state index contributed by atoms with van der Waals surface area (Å²) >= 11 is 0. The molecule has 1 aromatic carbocycles. The van der Waals surface area contributed by atoms with Crippen LogP contribution >= 0.6 is 0 Å². The highest BCUT2D eigenvalue weighted by molar-refractivity contribution is 5.80. The summed E-state index contributed by atoms with van der Waals surface area (Å²) in [5.41, 5.74) is 2.45. The molecule has 146 valence electrons. The van der Waals surface area contributed by atoms with Crippen molar-refractivity contribution in [2.45, 2.75) is 51.5 Å². The molecule has 1 N–H and O–H groups in total. The maximum absolute atomic E-state index is 13.0. The molecule has 1 aromatic heterocycles. The van der Waals surface area contributed by atoms with E-state index in [1.54, 1.807) is 0 Å². The zero-order valence-corrected chi connectivity index (χ0v) is 16.4. The lowest BCUT2D eigenvalue weighted by Crippen LogP contribution is -2.37. The molecule has 1 aliphatic carbocycles. The van der Waals surface area contributed by atoms with Crippen LogP contribution < -0.4 is 5.56 Å². The van der Waals surface area contributed by atoms with Crippen molar-refractivity contribution in [3.8, 4) is 0 Å². The molecule has 0 spiro atoms. The average molecular weight is 377 g/mol. The van der Waals surface area contributed by atoms with Gasteiger partial charge in [0, 0.05) is 30.1 Å². The van der Waals surface area contributed by atoms with Gasteiger partial charge in [0.25, 0.3) is 5.56 Å². The Morgan fingerprint density at radius 1 is 1.21 bits per heavy atom. The number of aryl methyl sites for hydroxylation is 1. The molecule has 2 atom stereocenters. The van der Waals surface area contributed by atoms with Gasteiger partial charge in [-0.1, -0.05) is 42.5 Å². The molecule has 1 aliphatic heterocycles. The fourth-order valence-corrected chi connectivity index (χ4v) is 4.37. The summed E-state index contributed by atoms with van der Waals surface area (Å²) in [5, 5.41) is 0. The van der Waals surface area contributed by atoms with Crippen LogP contribution in [0.25, 0.3) is 0 Å². The Labute approximate surface area is 165 Å². The van der Waals surface area contributed by atoms with Crippen molar-refractivity contribution >= 4 is 5.91 Å². The van der Waals surface area contributed by atoms with Gasteiger partial charge in [-0.3, -0.25) is 9.59 Å². The number of allylic oxidation sites excluding steroid dienone is 2. The van der Waals surface area contributed by atoms with Gasteiger partial charge in [-0.2, -0.15) is 0 Å². The lowest BCUT2D eigenvalue weighted by Gasteiger charge is -2.29. The van der Waals surface area contributed by atoms with Crippen molar-refractivity contribution in [1.29, 1.82) is 0 Å². The first-order valence-corrected chi connectivity index (χ1v) is 10.2. The molecule has 28 heavy (non-hydrogen) atoms. The number of likely N-dealkylation sites (tertiary alicyclic amines) is 1. The lowest BCUT2D eigenvalue weighted by atomic mass is 9.93. The Morgan fingerprint density at radius 3 is 2.75 bits per heavy atom. The molecule has 5 nitrogen and oxygen atoms in total. The van der Waals surface area contributed by atoms with Crippen LogP contribution in [0.2, 0.25) is 0 Å². The van der Waals surface area contributed by atoms with Crippen molar-refractivity contribution in [2.75, 3.05) is 6.54 Å². The summed E-state index contributed by atoms with van der Waals surface area (Å²) in [5.74, 6) is 0.910. The van der Waals surface area contributed by atoms with E-state index in [2.05, 4.69) is 17.1 Å². The number of rotatable bonds is 4. The summed E-state index contributed by atoms with van der Waals surface area (Å²) in [6.45, 7) is 2.64. The van der Waals surface area contributed by atoms with E-state index in [0.717, 1.165) is 49.9 Å². The van der Waals surface area contributed by atoms with E-state index in [9.17, 15) is 9.59 Å². The number of H-pyrrole nitrogens is 1. The van der Waals surface area contributed by atoms with Crippen molar-refractivity contribution in [1.82, 2.24) is 14.9 Å². The smallest absolute Gasteiger partial charge is 0.254 e. The molecule has 2 aliphatic rings. The standard InChI is InChI=1S/C23H27N3O2/c1-16-19(15-17-9-4-2-5-10-17)22(27)25-21(24-16)20-13-8-14-26(20)23(28)18-11-6-3-7-12-18/h2-6,9-10,18,20H,7-8,11-15H2,1H3,(H,24,25,27)/t18-,20+/m1/s1. The van der Waals surface area contributed by atoms with Crippen LogP contribution in [0.15, 0.2) is 47.3 Å². The Hall–Kier alpha value is -2.69. The van der Waals surface area contributed by atoms with Gasteiger partial charge in [0.1, 0.15) is 5.82 Å². The second-order valence-electron chi connectivity index (χ2n) is 7.85. The Balaban J connectivity index is 1.57. The van der Waals surface area contributed by atoms with E-state index < -0.39 is 0 Å². The third-order valence-corrected chi connectivity index (χ3v) is 5.93. The second kappa shape index (κ2) is 8.13. The largest absolute Gasteiger partial charge is 0.332 e. The molecule has 1 fully saturated rings. The van der Waals surface area contributed by atoms with Crippen LogP contribution in [0.4, 0.5) is 0 Å². The summed E-state index contributed by atoms with van der Waals surface area (Å²) in [7, 11) is 0. The van der Waals surface area contributed by atoms with E-state index in [-0.39, 0.29) is 23.4 Å². The fourth-order valence-electron chi connectivity index (χ4n) is 4.37. The zero-order chi connectivity index (χ0) is 19.5. The number of amides is 1. The number of hydrogen-bond donors (Lipinski definition) is 1. The summed E-state index contributed by atoms with van der Waals surface area (Å²) in [6.07, 6.45) is 9.34. The van der Waals surface area contributed by atoms with Crippen LogP contribution in [0.1, 0.15) is 60.8 Å². The minimum absolute atomic E-state index is 0.0655. The molecule has 2 heterocycles. The first kappa shape index (κ1) is 18.7. The fraction of sp³-hybridized carbons (Fsp3) is 0.435. The number of nitrogens with zero attached hydrogens (tertiary/aromatic N) is 2. The van der Waals surface area contributed by atoms with E-state index in [1.165, 1.54) is 0 Å². The molecule has 0 unspecified atom stereocenters. The predicted molar refractivity (Wildman–Crippen MR) is 109 cm³/mol. The molecule has 1 saturated heterocycles. The molecule has 4 rings (SSSR count). The highest BCUT2D eigenvalue weighted by Gasteiger charge is 2.35. The van der Waals surface area contributed by atoms with E-state index in [0.29, 0.717) is 17.8 Å². The molecular weight excluding hydrogens is 350 g/mol. The Bertz CT molecular complexity index is 933. The molecular formula is C23H27N3O2. The highest BCUT2D eigenvalue weighted by atomic mass is 16.2. The highest BCUT2D eigenvalue weighted by Crippen LogP contribution is 2.33. The van der Waals surface area contributed by atoms with E-state index in [4.69, 9.17) is 4.98 Å². The number of carbonyl (C=O) groups is 1. The van der Waals surface area contributed by atoms with Gasteiger partial charge in [-0.05, 0) is 44.6 Å². The van der Waals surface area contributed by atoms with Crippen LogP contribution in [0, 0.1) is 12.8 Å². The maximum atomic E-state index is 13.0. The van der Waals surface area contributed by atoms with Crippen molar-refractivity contribution in [3.63, 3.8) is 0 Å². The van der Waals surface area contributed by atoms with Gasteiger partial charge in [0.15, 0.2) is 0 Å². The van der Waals surface area contributed by atoms with E-state index in [1.807, 2.05) is 42.2 Å². The number of hydrogen-bond acceptors (Lipinski definition) is 3. The third-order valence-electron chi connectivity index (χ3n) is 5.93. The van der Waals surface area contributed by atoms with Crippen LogP contribution in [0.5, 0.6) is 0 Å². The van der Waals surface area contributed by atoms with Gasteiger partial charge >= 0.3 is 0 Å². The van der Waals surface area contributed by atoms with Gasteiger partial charge in [0.2, 0.25) is 5.91 Å². The Morgan fingerprint density at radius 2 is 2.04 bits per heavy atom. The number of aromatic amines is 1. The van der Waals surface area contributed by atoms with Crippen LogP contribution in [0.3, 0.4) is 0 Å². The molecule has 0 bridgehead atoms. The third kappa shape index (κ3) is 3.79. The first-order valence-electron chi connectivity index (χ1n) is 10.2. The average Bonchev–Trinajstić information content (AvgIpc) is 3.21. The monoisotopic (exact) mass is 377 g/mol. The molecule has 0 radical (unpaired) electrons. The number of nitrogens with one attached hydrogen (secondary N) is 1. The summed E-state index contributed by atoms with van der Waals surface area (Å²) in [4.78, 5) is 35.5. The zero-order valence-electron chi connectivity index (χ0n) is 16.4. The minimum atomic E-state index is -0.115. The van der Waals surface area contributed by atoms with Crippen molar-refractivity contribution < 1.29 is 4.79 Å². The topological polar surface area (TPSA) is 66.1 Å². The molecule has 5 heteroatoms. The number of carbonyl (C=O) groups excluding carboxylic acids is 1. The maximum Gasteiger partial charge on any atom is 0.254 e. The normalized spacial score (nSPS) is 21.8. The summed E-state index contributed by atoms with van der Waals surface area (Å²) in [6, 6.07) is 9.84. The molecule has 0 saturated carbocycles. The minimum Gasteiger partial charge on any atom is -0.332 e. The predicted octanol–water partition coefficient (Wildman–Crippen LogP) is 3.69.